The third kappa shape index (κ3) is 3.98. The summed E-state index contributed by atoms with van der Waals surface area (Å²) < 4.78 is 0. The summed E-state index contributed by atoms with van der Waals surface area (Å²) in [6.45, 7) is 4.02. The predicted octanol–water partition coefficient (Wildman–Crippen LogP) is 2.63. The molecule has 0 radical (unpaired) electrons. The number of pyridine rings is 1. The van der Waals surface area contributed by atoms with Crippen molar-refractivity contribution in [3.63, 3.8) is 0 Å². The number of fused-ring (bicyclic) bond motifs is 1. The van der Waals surface area contributed by atoms with Crippen molar-refractivity contribution in [3.05, 3.63) is 64.4 Å². The average molecular weight is 387 g/mol. The van der Waals surface area contributed by atoms with E-state index in [4.69, 9.17) is 5.26 Å². The van der Waals surface area contributed by atoms with E-state index in [0.29, 0.717) is 22.9 Å². The number of aromatic amines is 1. The Hall–Kier alpha value is -3.63. The van der Waals surface area contributed by atoms with Crippen LogP contribution in [-0.4, -0.2) is 53.9 Å². The summed E-state index contributed by atoms with van der Waals surface area (Å²) in [7, 11) is 0. The van der Waals surface area contributed by atoms with Crippen LogP contribution in [0.25, 0.3) is 10.8 Å². The van der Waals surface area contributed by atoms with Crippen molar-refractivity contribution in [1.82, 2.24) is 9.88 Å². The van der Waals surface area contributed by atoms with Gasteiger partial charge < -0.3 is 10.0 Å². The number of benzene rings is 2. The SMILES string of the molecule is N#CCN1CCN(c2ccc(N=Cc3c(O)[nH]c(=O)c4ccccc34)cc2)CC1. The van der Waals surface area contributed by atoms with Gasteiger partial charge in [-0.25, -0.2) is 0 Å². The number of nitrogens with zero attached hydrogens (tertiary/aromatic N) is 4. The van der Waals surface area contributed by atoms with E-state index in [1.807, 2.05) is 30.3 Å². The number of rotatable bonds is 4. The molecule has 146 valence electrons. The first-order valence-corrected chi connectivity index (χ1v) is 9.48. The summed E-state index contributed by atoms with van der Waals surface area (Å²) in [5.41, 5.74) is 2.04. The molecular weight excluding hydrogens is 366 g/mol. The normalized spacial score (nSPS) is 15.1. The second-order valence-corrected chi connectivity index (χ2v) is 6.96. The number of nitriles is 1. The highest BCUT2D eigenvalue weighted by Gasteiger charge is 2.16. The van der Waals surface area contributed by atoms with Crippen LogP contribution in [0.15, 0.2) is 58.3 Å². The van der Waals surface area contributed by atoms with Crippen molar-refractivity contribution in [3.8, 4) is 11.9 Å². The summed E-state index contributed by atoms with van der Waals surface area (Å²) in [6, 6.07) is 17.2. The topological polar surface area (TPSA) is 95.7 Å². The summed E-state index contributed by atoms with van der Waals surface area (Å²) in [5, 5.41) is 20.1. The molecule has 0 unspecified atom stereocenters. The molecule has 1 aliphatic rings. The highest BCUT2D eigenvalue weighted by Crippen LogP contribution is 2.24. The van der Waals surface area contributed by atoms with Gasteiger partial charge >= 0.3 is 0 Å². The molecule has 7 heteroatoms. The minimum atomic E-state index is -0.325. The maximum absolute atomic E-state index is 12.0. The molecule has 4 rings (SSSR count). The molecule has 2 heterocycles. The Morgan fingerprint density at radius 3 is 2.45 bits per heavy atom. The van der Waals surface area contributed by atoms with Crippen molar-refractivity contribution in [2.45, 2.75) is 0 Å². The van der Waals surface area contributed by atoms with Gasteiger partial charge in [-0.2, -0.15) is 5.26 Å². The second-order valence-electron chi connectivity index (χ2n) is 6.96. The Bertz CT molecular complexity index is 1140. The first kappa shape index (κ1) is 18.7. The fourth-order valence-electron chi connectivity index (χ4n) is 3.57. The lowest BCUT2D eigenvalue weighted by atomic mass is 10.1. The Morgan fingerprint density at radius 2 is 1.76 bits per heavy atom. The Balaban J connectivity index is 1.52. The molecule has 3 aromatic rings. The Morgan fingerprint density at radius 1 is 1.07 bits per heavy atom. The third-order valence-corrected chi connectivity index (χ3v) is 5.17. The van der Waals surface area contributed by atoms with Gasteiger partial charge in [0.2, 0.25) is 5.88 Å². The third-order valence-electron chi connectivity index (χ3n) is 5.17. The number of anilines is 1. The van der Waals surface area contributed by atoms with E-state index in [2.05, 4.69) is 25.8 Å². The van der Waals surface area contributed by atoms with Gasteiger partial charge in [-0.15, -0.1) is 0 Å². The zero-order valence-corrected chi connectivity index (χ0v) is 15.9. The van der Waals surface area contributed by atoms with Crippen LogP contribution < -0.4 is 10.5 Å². The van der Waals surface area contributed by atoms with E-state index < -0.39 is 0 Å². The number of nitrogens with one attached hydrogen (secondary N) is 1. The summed E-state index contributed by atoms with van der Waals surface area (Å²) in [4.78, 5) is 23.4. The van der Waals surface area contributed by atoms with Crippen LogP contribution in [0.2, 0.25) is 0 Å². The van der Waals surface area contributed by atoms with Crippen LogP contribution in [-0.2, 0) is 0 Å². The summed E-state index contributed by atoms with van der Waals surface area (Å²) in [6.07, 6.45) is 1.57. The lowest BCUT2D eigenvalue weighted by Crippen LogP contribution is -2.46. The van der Waals surface area contributed by atoms with E-state index >= 15 is 0 Å². The lowest BCUT2D eigenvalue weighted by molar-refractivity contribution is 0.287. The molecule has 0 amide bonds. The van der Waals surface area contributed by atoms with E-state index in [0.717, 1.165) is 37.6 Å². The Labute approximate surface area is 168 Å². The number of aromatic nitrogens is 1. The van der Waals surface area contributed by atoms with Gasteiger partial charge in [-0.3, -0.25) is 19.7 Å². The van der Waals surface area contributed by atoms with Crippen LogP contribution in [0.1, 0.15) is 5.56 Å². The maximum Gasteiger partial charge on any atom is 0.258 e. The van der Waals surface area contributed by atoms with Crippen LogP contribution in [0.3, 0.4) is 0 Å². The number of hydrogen-bond donors (Lipinski definition) is 2. The number of piperazine rings is 1. The van der Waals surface area contributed by atoms with Gasteiger partial charge in [0.15, 0.2) is 0 Å². The van der Waals surface area contributed by atoms with Crippen LogP contribution in [0.5, 0.6) is 5.88 Å². The molecule has 7 nitrogen and oxygen atoms in total. The van der Waals surface area contributed by atoms with Gasteiger partial charge in [-0.05, 0) is 30.3 Å². The van der Waals surface area contributed by atoms with Gasteiger partial charge in [0.25, 0.3) is 5.56 Å². The van der Waals surface area contributed by atoms with Gasteiger partial charge in [0.1, 0.15) is 0 Å². The van der Waals surface area contributed by atoms with Crippen LogP contribution in [0.4, 0.5) is 11.4 Å². The van der Waals surface area contributed by atoms with Gasteiger partial charge in [0, 0.05) is 48.9 Å². The molecule has 2 N–H and O–H groups in total. The fourth-order valence-corrected chi connectivity index (χ4v) is 3.57. The van der Waals surface area contributed by atoms with Crippen molar-refractivity contribution < 1.29 is 5.11 Å². The monoisotopic (exact) mass is 387 g/mol. The van der Waals surface area contributed by atoms with Crippen LogP contribution in [0, 0.1) is 11.3 Å². The minimum absolute atomic E-state index is 0.190. The van der Waals surface area contributed by atoms with Crippen molar-refractivity contribution in [1.29, 1.82) is 5.26 Å². The van der Waals surface area contributed by atoms with Crippen LogP contribution >= 0.6 is 0 Å². The second kappa shape index (κ2) is 8.17. The molecular formula is C22H21N5O2. The molecule has 0 spiro atoms. The standard InChI is InChI=1S/C22H21N5O2/c23-9-10-26-11-13-27(14-12-26)17-7-5-16(6-8-17)24-15-20-18-3-1-2-4-19(18)21(28)25-22(20)29/h1-8,15H,10-14H2,(H2,25,28,29). The van der Waals surface area contributed by atoms with Gasteiger partial charge in [0.05, 0.1) is 23.9 Å². The first-order valence-electron chi connectivity index (χ1n) is 9.48. The molecule has 0 atom stereocenters. The summed E-state index contributed by atoms with van der Waals surface area (Å²) >= 11 is 0. The van der Waals surface area contributed by atoms with E-state index in [1.54, 1.807) is 24.4 Å². The van der Waals surface area contributed by atoms with E-state index in [9.17, 15) is 9.90 Å². The predicted molar refractivity (Wildman–Crippen MR) is 114 cm³/mol. The lowest BCUT2D eigenvalue weighted by Gasteiger charge is -2.34. The number of aliphatic imine (C=N–C) groups is 1. The molecule has 1 fully saturated rings. The molecule has 0 bridgehead atoms. The molecule has 1 aliphatic heterocycles. The maximum atomic E-state index is 12.0. The van der Waals surface area contributed by atoms with Gasteiger partial charge in [-0.1, -0.05) is 18.2 Å². The quantitative estimate of drug-likeness (QED) is 0.530. The molecule has 2 aromatic carbocycles. The highest BCUT2D eigenvalue weighted by atomic mass is 16.3. The Kier molecular flexibility index (Phi) is 5.27. The molecule has 1 saturated heterocycles. The number of H-pyrrole nitrogens is 1. The molecule has 0 aliphatic carbocycles. The minimum Gasteiger partial charge on any atom is -0.494 e. The van der Waals surface area contributed by atoms with E-state index in [-0.39, 0.29) is 11.4 Å². The highest BCUT2D eigenvalue weighted by molar-refractivity contribution is 6.01. The molecule has 1 aromatic heterocycles. The largest absolute Gasteiger partial charge is 0.494 e. The fraction of sp³-hybridized carbons (Fsp3) is 0.227. The average Bonchev–Trinajstić information content (AvgIpc) is 2.75. The molecule has 29 heavy (non-hydrogen) atoms. The smallest absolute Gasteiger partial charge is 0.258 e. The number of aromatic hydroxyl groups is 1. The first-order chi connectivity index (χ1) is 14.2. The molecule has 0 saturated carbocycles. The van der Waals surface area contributed by atoms with Crippen molar-refractivity contribution >= 4 is 28.4 Å². The number of hydrogen-bond acceptors (Lipinski definition) is 6. The summed E-state index contributed by atoms with van der Waals surface area (Å²) in [5.74, 6) is -0.190. The van der Waals surface area contributed by atoms with E-state index in [1.165, 1.54) is 0 Å². The zero-order chi connectivity index (χ0) is 20.2. The van der Waals surface area contributed by atoms with Crippen molar-refractivity contribution in [2.75, 3.05) is 37.6 Å². The zero-order valence-electron chi connectivity index (χ0n) is 15.9. The van der Waals surface area contributed by atoms with Crippen molar-refractivity contribution in [2.24, 2.45) is 4.99 Å².